The topological polar surface area (TPSA) is 63.4 Å². The van der Waals surface area contributed by atoms with Crippen LogP contribution in [0.4, 0.5) is 5.69 Å². The number of aromatic nitrogens is 3. The number of aryl methyl sites for hydroxylation is 3. The van der Waals surface area contributed by atoms with Crippen molar-refractivity contribution in [3.05, 3.63) is 70.1 Å². The molecule has 1 aliphatic rings. The lowest BCUT2D eigenvalue weighted by Gasteiger charge is -2.38. The fraction of sp³-hybridized carbons (Fsp3) is 0.346. The molecule has 7 nitrogen and oxygen atoms in total. The van der Waals surface area contributed by atoms with Gasteiger partial charge in [-0.3, -0.25) is 9.59 Å². The molecule has 170 valence electrons. The van der Waals surface area contributed by atoms with Gasteiger partial charge in [0.05, 0.1) is 11.7 Å². The molecule has 1 atom stereocenters. The van der Waals surface area contributed by atoms with Gasteiger partial charge in [0.15, 0.2) is 0 Å². The Morgan fingerprint density at radius 3 is 2.48 bits per heavy atom. The van der Waals surface area contributed by atoms with Gasteiger partial charge in [-0.15, -0.1) is 0 Å². The van der Waals surface area contributed by atoms with E-state index in [-0.39, 0.29) is 11.5 Å². The Bertz CT molecular complexity index is 1430. The zero-order valence-electron chi connectivity index (χ0n) is 19.6. The number of hydrogen-bond acceptors (Lipinski definition) is 4. The number of hydrogen-bond donors (Lipinski definition) is 0. The molecule has 0 bridgehead atoms. The van der Waals surface area contributed by atoms with Crippen LogP contribution in [0.3, 0.4) is 0 Å². The highest BCUT2D eigenvalue weighted by Crippen LogP contribution is 2.30. The molecular formula is C26H29N5O2. The zero-order chi connectivity index (χ0) is 23.3. The zero-order valence-corrected chi connectivity index (χ0v) is 19.6. The number of rotatable bonds is 3. The Morgan fingerprint density at radius 2 is 1.73 bits per heavy atom. The lowest BCUT2D eigenvalue weighted by atomic mass is 10.1. The van der Waals surface area contributed by atoms with Crippen molar-refractivity contribution in [1.29, 1.82) is 0 Å². The van der Waals surface area contributed by atoms with E-state index in [0.29, 0.717) is 18.6 Å². The number of piperazine rings is 1. The summed E-state index contributed by atoms with van der Waals surface area (Å²) < 4.78 is 3.23. The third kappa shape index (κ3) is 3.48. The number of benzene rings is 2. The molecule has 0 N–H and O–H groups in total. The van der Waals surface area contributed by atoms with Crippen LogP contribution in [-0.4, -0.2) is 51.3 Å². The first-order valence-corrected chi connectivity index (χ1v) is 11.4. The molecule has 2 aromatic heterocycles. The minimum atomic E-state index is -0.491. The van der Waals surface area contributed by atoms with E-state index in [1.807, 2.05) is 40.7 Å². The Hall–Kier alpha value is -3.61. The Balaban J connectivity index is 1.45. The maximum Gasteiger partial charge on any atom is 0.291 e. The van der Waals surface area contributed by atoms with Gasteiger partial charge >= 0.3 is 0 Å². The third-order valence-corrected chi connectivity index (χ3v) is 6.85. The van der Waals surface area contributed by atoms with Crippen molar-refractivity contribution >= 4 is 33.4 Å². The second kappa shape index (κ2) is 8.06. The summed E-state index contributed by atoms with van der Waals surface area (Å²) in [4.78, 5) is 30.9. The van der Waals surface area contributed by atoms with Crippen LogP contribution in [0.1, 0.15) is 24.1 Å². The van der Waals surface area contributed by atoms with Crippen LogP contribution < -0.4 is 10.5 Å². The highest BCUT2D eigenvalue weighted by atomic mass is 16.2. The molecule has 7 heteroatoms. The van der Waals surface area contributed by atoms with E-state index in [2.05, 4.69) is 42.0 Å². The van der Waals surface area contributed by atoms with Gasteiger partial charge in [-0.1, -0.05) is 30.3 Å². The van der Waals surface area contributed by atoms with E-state index in [1.165, 1.54) is 21.5 Å². The maximum absolute atomic E-state index is 13.6. The third-order valence-electron chi connectivity index (χ3n) is 6.85. The monoisotopic (exact) mass is 443 g/mol. The molecule has 0 aliphatic carbocycles. The summed E-state index contributed by atoms with van der Waals surface area (Å²) in [5.74, 6) is 0.0390. The highest BCUT2D eigenvalue weighted by molar-refractivity contribution is 6.08. The number of para-hydroxylation sites is 1. The molecule has 2 aromatic carbocycles. The summed E-state index contributed by atoms with van der Waals surface area (Å²) in [5, 5.41) is 5.93. The molecule has 0 radical (unpaired) electrons. The predicted octanol–water partition coefficient (Wildman–Crippen LogP) is 3.41. The van der Waals surface area contributed by atoms with Crippen molar-refractivity contribution in [2.75, 3.05) is 31.1 Å². The van der Waals surface area contributed by atoms with Gasteiger partial charge in [-0.25, -0.2) is 4.68 Å². The highest BCUT2D eigenvalue weighted by Gasteiger charge is 2.29. The van der Waals surface area contributed by atoms with Gasteiger partial charge in [0.2, 0.25) is 5.91 Å². The van der Waals surface area contributed by atoms with E-state index in [4.69, 9.17) is 0 Å². The lowest BCUT2D eigenvalue weighted by molar-refractivity contribution is -0.134. The normalized spacial score (nSPS) is 15.4. The lowest BCUT2D eigenvalue weighted by Crippen LogP contribution is -2.50. The van der Waals surface area contributed by atoms with Crippen LogP contribution >= 0.6 is 0 Å². The van der Waals surface area contributed by atoms with Crippen LogP contribution in [-0.2, 0) is 11.8 Å². The Labute approximate surface area is 192 Å². The first-order valence-electron chi connectivity index (χ1n) is 11.4. The number of carbonyl (C=O) groups excluding carboxylic acids is 1. The van der Waals surface area contributed by atoms with E-state index >= 15 is 0 Å². The molecule has 1 aliphatic heterocycles. The molecule has 1 amide bonds. The van der Waals surface area contributed by atoms with Crippen molar-refractivity contribution in [2.45, 2.75) is 26.8 Å². The molecule has 1 unspecified atom stereocenters. The second-order valence-electron chi connectivity index (χ2n) is 9.00. The van der Waals surface area contributed by atoms with Crippen molar-refractivity contribution in [2.24, 2.45) is 7.05 Å². The van der Waals surface area contributed by atoms with Gasteiger partial charge in [0, 0.05) is 49.7 Å². The molecule has 0 spiro atoms. The summed E-state index contributed by atoms with van der Waals surface area (Å²) >= 11 is 0. The molecule has 5 rings (SSSR count). The Morgan fingerprint density at radius 1 is 1.00 bits per heavy atom. The largest absolute Gasteiger partial charge is 0.368 e. The fourth-order valence-electron chi connectivity index (χ4n) is 4.99. The van der Waals surface area contributed by atoms with E-state index in [1.54, 1.807) is 13.2 Å². The molecule has 1 fully saturated rings. The first-order chi connectivity index (χ1) is 15.9. The quantitative estimate of drug-likeness (QED) is 0.487. The van der Waals surface area contributed by atoms with Gasteiger partial charge < -0.3 is 14.4 Å². The van der Waals surface area contributed by atoms with E-state index in [0.717, 1.165) is 29.4 Å². The number of amides is 1. The van der Waals surface area contributed by atoms with Crippen LogP contribution in [0, 0.1) is 13.8 Å². The van der Waals surface area contributed by atoms with Gasteiger partial charge in [0.25, 0.3) is 5.56 Å². The number of carbonyl (C=O) groups is 1. The SMILES string of the molecule is Cc1ccc(C)c(N2CCN(C(=O)C(C)n3c4ccccc4c4cnn(C)c(=O)c43)CC2)c1. The van der Waals surface area contributed by atoms with Crippen molar-refractivity contribution in [3.63, 3.8) is 0 Å². The average molecular weight is 444 g/mol. The molecule has 3 heterocycles. The molecule has 33 heavy (non-hydrogen) atoms. The predicted molar refractivity (Wildman–Crippen MR) is 132 cm³/mol. The average Bonchev–Trinajstić information content (AvgIpc) is 3.17. The van der Waals surface area contributed by atoms with Gasteiger partial charge in [-0.2, -0.15) is 5.10 Å². The number of anilines is 1. The Kier molecular flexibility index (Phi) is 5.19. The maximum atomic E-state index is 13.6. The number of fused-ring (bicyclic) bond motifs is 3. The fourth-order valence-corrected chi connectivity index (χ4v) is 4.99. The molecular weight excluding hydrogens is 414 g/mol. The van der Waals surface area contributed by atoms with Crippen molar-refractivity contribution in [3.8, 4) is 0 Å². The summed E-state index contributed by atoms with van der Waals surface area (Å²) in [6.07, 6.45) is 1.72. The summed E-state index contributed by atoms with van der Waals surface area (Å²) in [6, 6.07) is 13.9. The first kappa shape index (κ1) is 21.2. The summed E-state index contributed by atoms with van der Waals surface area (Å²) in [7, 11) is 1.64. The van der Waals surface area contributed by atoms with Gasteiger partial charge in [-0.05, 0) is 44.0 Å². The van der Waals surface area contributed by atoms with Crippen LogP contribution in [0.25, 0.3) is 21.8 Å². The number of nitrogens with zero attached hydrogens (tertiary/aromatic N) is 5. The second-order valence-corrected chi connectivity index (χ2v) is 9.00. The molecule has 1 saturated heterocycles. The summed E-state index contributed by atoms with van der Waals surface area (Å²) in [5.41, 5.74) is 4.96. The van der Waals surface area contributed by atoms with Crippen LogP contribution in [0.15, 0.2) is 53.5 Å². The minimum absolute atomic E-state index is 0.0390. The van der Waals surface area contributed by atoms with Crippen LogP contribution in [0.5, 0.6) is 0 Å². The standard InChI is InChI=1S/C26H29N5O2/c1-17-9-10-18(2)23(15-17)29-11-13-30(14-12-29)25(32)19(3)31-22-8-6-5-7-20(22)21-16-27-28(4)26(33)24(21)31/h5-10,15-16,19H,11-14H2,1-4H3. The van der Waals surface area contributed by atoms with E-state index in [9.17, 15) is 9.59 Å². The van der Waals surface area contributed by atoms with Crippen molar-refractivity contribution in [1.82, 2.24) is 19.2 Å². The smallest absolute Gasteiger partial charge is 0.291 e. The minimum Gasteiger partial charge on any atom is -0.368 e. The van der Waals surface area contributed by atoms with Gasteiger partial charge in [0.1, 0.15) is 11.6 Å². The van der Waals surface area contributed by atoms with E-state index < -0.39 is 6.04 Å². The molecule has 4 aromatic rings. The molecule has 0 saturated carbocycles. The van der Waals surface area contributed by atoms with Crippen molar-refractivity contribution < 1.29 is 4.79 Å². The van der Waals surface area contributed by atoms with Crippen LogP contribution in [0.2, 0.25) is 0 Å². The summed E-state index contributed by atoms with van der Waals surface area (Å²) in [6.45, 7) is 9.04.